The highest BCUT2D eigenvalue weighted by Gasteiger charge is 2.08. The molecule has 0 fully saturated rings. The Balaban J connectivity index is 2.96. The van der Waals surface area contributed by atoms with Gasteiger partial charge in [-0.25, -0.2) is 4.98 Å². The molecule has 0 bridgehead atoms. The van der Waals surface area contributed by atoms with E-state index in [4.69, 9.17) is 11.5 Å². The summed E-state index contributed by atoms with van der Waals surface area (Å²) in [5.74, 6) is 0.596. The number of rotatable bonds is 0. The molecule has 13 heavy (non-hydrogen) atoms. The van der Waals surface area contributed by atoms with E-state index in [1.807, 2.05) is 13.8 Å². The molecule has 0 saturated heterocycles. The molecular formula is C8H11N5. The van der Waals surface area contributed by atoms with Crippen LogP contribution >= 0.6 is 0 Å². The lowest BCUT2D eigenvalue weighted by Crippen LogP contribution is -2.05. The first-order chi connectivity index (χ1) is 6.11. The topological polar surface area (TPSA) is 82.2 Å². The average Bonchev–Trinajstić information content (AvgIpc) is 2.45. The summed E-state index contributed by atoms with van der Waals surface area (Å²) in [7, 11) is 0. The maximum Gasteiger partial charge on any atom is 0.180 e. The normalized spacial score (nSPS) is 10.9. The van der Waals surface area contributed by atoms with Crippen LogP contribution in [0.4, 0.5) is 11.5 Å². The molecule has 0 aromatic carbocycles. The van der Waals surface area contributed by atoms with E-state index in [0.717, 1.165) is 11.3 Å². The lowest BCUT2D eigenvalue weighted by Gasteiger charge is -2.05. The van der Waals surface area contributed by atoms with Crippen LogP contribution in [0.25, 0.3) is 5.65 Å². The van der Waals surface area contributed by atoms with E-state index in [0.29, 0.717) is 17.2 Å². The van der Waals surface area contributed by atoms with Crippen molar-refractivity contribution in [2.45, 2.75) is 13.8 Å². The molecule has 0 saturated carbocycles. The molecule has 0 aliphatic rings. The lowest BCUT2D eigenvalue weighted by molar-refractivity contribution is 0.929. The molecule has 0 spiro atoms. The van der Waals surface area contributed by atoms with Crippen molar-refractivity contribution in [1.82, 2.24) is 14.6 Å². The van der Waals surface area contributed by atoms with E-state index < -0.39 is 0 Å². The summed E-state index contributed by atoms with van der Waals surface area (Å²) in [4.78, 5) is 4.29. The molecule has 5 nitrogen and oxygen atoms in total. The van der Waals surface area contributed by atoms with E-state index in [9.17, 15) is 0 Å². The van der Waals surface area contributed by atoms with Crippen LogP contribution in [0.3, 0.4) is 0 Å². The molecule has 2 rings (SSSR count). The summed E-state index contributed by atoms with van der Waals surface area (Å²) >= 11 is 0. The summed E-state index contributed by atoms with van der Waals surface area (Å²) in [6, 6.07) is 0. The van der Waals surface area contributed by atoms with Gasteiger partial charge in [0.15, 0.2) is 5.65 Å². The Morgan fingerprint density at radius 2 is 2.00 bits per heavy atom. The molecular weight excluding hydrogens is 166 g/mol. The van der Waals surface area contributed by atoms with E-state index >= 15 is 0 Å². The van der Waals surface area contributed by atoms with E-state index in [1.54, 1.807) is 10.7 Å². The Morgan fingerprint density at radius 1 is 1.31 bits per heavy atom. The highest BCUT2D eigenvalue weighted by atomic mass is 15.3. The summed E-state index contributed by atoms with van der Waals surface area (Å²) < 4.78 is 1.55. The molecule has 0 aliphatic heterocycles. The van der Waals surface area contributed by atoms with Crippen molar-refractivity contribution in [1.29, 1.82) is 0 Å². The quantitative estimate of drug-likeness (QED) is 0.614. The van der Waals surface area contributed by atoms with Gasteiger partial charge in [0.05, 0.1) is 11.9 Å². The smallest absolute Gasteiger partial charge is 0.180 e. The van der Waals surface area contributed by atoms with Crippen LogP contribution in [-0.4, -0.2) is 14.6 Å². The number of hydrogen-bond acceptors (Lipinski definition) is 4. The first kappa shape index (κ1) is 7.85. The van der Waals surface area contributed by atoms with Crippen molar-refractivity contribution in [3.8, 4) is 0 Å². The second-order valence-corrected chi connectivity index (χ2v) is 3.04. The van der Waals surface area contributed by atoms with Crippen LogP contribution in [-0.2, 0) is 0 Å². The Kier molecular flexibility index (Phi) is 1.42. The zero-order chi connectivity index (χ0) is 9.59. The second kappa shape index (κ2) is 2.35. The zero-order valence-corrected chi connectivity index (χ0v) is 7.57. The SMILES string of the molecule is Cc1nc2c(N)cnn2c(N)c1C. The van der Waals surface area contributed by atoms with Crippen LogP contribution in [0, 0.1) is 13.8 Å². The lowest BCUT2D eigenvalue weighted by atomic mass is 10.2. The minimum atomic E-state index is 0.551. The number of aromatic nitrogens is 3. The Labute approximate surface area is 75.4 Å². The summed E-state index contributed by atoms with van der Waals surface area (Å²) in [6.45, 7) is 3.81. The van der Waals surface area contributed by atoms with Gasteiger partial charge in [-0.1, -0.05) is 0 Å². The van der Waals surface area contributed by atoms with Crippen LogP contribution in [0.1, 0.15) is 11.3 Å². The molecule has 5 heteroatoms. The molecule has 2 heterocycles. The van der Waals surface area contributed by atoms with Crippen LogP contribution in [0.2, 0.25) is 0 Å². The van der Waals surface area contributed by atoms with E-state index in [1.165, 1.54) is 0 Å². The zero-order valence-electron chi connectivity index (χ0n) is 7.57. The molecule has 4 N–H and O–H groups in total. The Morgan fingerprint density at radius 3 is 2.69 bits per heavy atom. The van der Waals surface area contributed by atoms with E-state index in [-0.39, 0.29) is 0 Å². The maximum atomic E-state index is 5.84. The van der Waals surface area contributed by atoms with Gasteiger partial charge in [-0.3, -0.25) is 0 Å². The number of hydrogen-bond donors (Lipinski definition) is 2. The van der Waals surface area contributed by atoms with Gasteiger partial charge in [-0.15, -0.1) is 0 Å². The molecule has 2 aromatic rings. The average molecular weight is 177 g/mol. The molecule has 0 unspecified atom stereocenters. The van der Waals surface area contributed by atoms with Gasteiger partial charge in [0.25, 0.3) is 0 Å². The van der Waals surface area contributed by atoms with Gasteiger partial charge in [-0.2, -0.15) is 9.61 Å². The van der Waals surface area contributed by atoms with Gasteiger partial charge < -0.3 is 11.5 Å². The standard InChI is InChI=1S/C8H11N5/c1-4-5(2)12-8-6(9)3-11-13(8)7(4)10/h3H,9-10H2,1-2H3. The van der Waals surface area contributed by atoms with Crippen molar-refractivity contribution in [2.24, 2.45) is 0 Å². The van der Waals surface area contributed by atoms with Crippen LogP contribution in [0.15, 0.2) is 6.20 Å². The highest BCUT2D eigenvalue weighted by molar-refractivity contribution is 5.67. The number of nitrogens with two attached hydrogens (primary N) is 2. The Hall–Kier alpha value is -1.78. The number of anilines is 2. The highest BCUT2D eigenvalue weighted by Crippen LogP contribution is 2.18. The Bertz CT molecular complexity index is 471. The second-order valence-electron chi connectivity index (χ2n) is 3.04. The summed E-state index contributed by atoms with van der Waals surface area (Å²) in [6.07, 6.45) is 1.55. The van der Waals surface area contributed by atoms with Gasteiger partial charge >= 0.3 is 0 Å². The van der Waals surface area contributed by atoms with Crippen molar-refractivity contribution in [3.05, 3.63) is 17.5 Å². The third kappa shape index (κ3) is 0.932. The third-order valence-corrected chi connectivity index (χ3v) is 2.20. The van der Waals surface area contributed by atoms with Gasteiger partial charge in [0.1, 0.15) is 5.82 Å². The van der Waals surface area contributed by atoms with Crippen LogP contribution in [0.5, 0.6) is 0 Å². The summed E-state index contributed by atoms with van der Waals surface area (Å²) in [5, 5.41) is 4.02. The maximum absolute atomic E-state index is 5.84. The predicted octanol–water partition coefficient (Wildman–Crippen LogP) is 0.511. The van der Waals surface area contributed by atoms with Crippen LogP contribution < -0.4 is 11.5 Å². The first-order valence-corrected chi connectivity index (χ1v) is 3.97. The summed E-state index contributed by atoms with van der Waals surface area (Å²) in [5.41, 5.74) is 14.5. The minimum Gasteiger partial charge on any atom is -0.394 e. The van der Waals surface area contributed by atoms with Crippen molar-refractivity contribution < 1.29 is 0 Å². The largest absolute Gasteiger partial charge is 0.394 e. The van der Waals surface area contributed by atoms with Crippen molar-refractivity contribution in [3.63, 3.8) is 0 Å². The minimum absolute atomic E-state index is 0.551. The van der Waals surface area contributed by atoms with Gasteiger partial charge in [0, 0.05) is 11.3 Å². The predicted molar refractivity (Wildman–Crippen MR) is 51.3 cm³/mol. The van der Waals surface area contributed by atoms with Crippen molar-refractivity contribution in [2.75, 3.05) is 11.5 Å². The molecule has 0 aliphatic carbocycles. The fraction of sp³-hybridized carbons (Fsp3) is 0.250. The molecule has 2 aromatic heterocycles. The number of aryl methyl sites for hydroxylation is 1. The number of nitrogen functional groups attached to an aromatic ring is 2. The van der Waals surface area contributed by atoms with E-state index in [2.05, 4.69) is 10.1 Å². The monoisotopic (exact) mass is 177 g/mol. The molecule has 0 atom stereocenters. The molecule has 68 valence electrons. The fourth-order valence-electron chi connectivity index (χ4n) is 1.23. The molecule has 0 radical (unpaired) electrons. The molecule has 0 amide bonds. The number of nitrogens with zero attached hydrogens (tertiary/aromatic N) is 3. The van der Waals surface area contributed by atoms with Crippen molar-refractivity contribution >= 4 is 17.2 Å². The number of fused-ring (bicyclic) bond motifs is 1. The fourth-order valence-corrected chi connectivity index (χ4v) is 1.23. The third-order valence-electron chi connectivity index (χ3n) is 2.20. The van der Waals surface area contributed by atoms with Gasteiger partial charge in [0.2, 0.25) is 0 Å². The van der Waals surface area contributed by atoms with Gasteiger partial charge in [-0.05, 0) is 13.8 Å². The first-order valence-electron chi connectivity index (χ1n) is 3.97.